The molecular weight excluding hydrogens is 206 g/mol. The van der Waals surface area contributed by atoms with E-state index < -0.39 is 0 Å². The summed E-state index contributed by atoms with van der Waals surface area (Å²) >= 11 is 1.77. The zero-order chi connectivity index (χ0) is 11.1. The first-order valence-electron chi connectivity index (χ1n) is 5.80. The van der Waals surface area contributed by atoms with Crippen molar-refractivity contribution in [1.29, 1.82) is 0 Å². The lowest BCUT2D eigenvalue weighted by atomic mass is 10.1. The van der Waals surface area contributed by atoms with Gasteiger partial charge in [-0.1, -0.05) is 20.8 Å². The fraction of sp³-hybridized carbons (Fsp3) is 0.818. The summed E-state index contributed by atoms with van der Waals surface area (Å²) in [5, 5.41) is 14.1. The Morgan fingerprint density at radius 3 is 2.80 bits per heavy atom. The Bertz CT molecular complexity index is 273. The van der Waals surface area contributed by atoms with E-state index in [9.17, 15) is 0 Å². The summed E-state index contributed by atoms with van der Waals surface area (Å²) in [4.78, 5) is 0. The van der Waals surface area contributed by atoms with Gasteiger partial charge < -0.3 is 5.32 Å². The Morgan fingerprint density at radius 2 is 2.13 bits per heavy atom. The molecule has 1 aromatic rings. The average molecular weight is 227 g/mol. The lowest BCUT2D eigenvalue weighted by Gasteiger charge is -2.00. The van der Waals surface area contributed by atoms with Crippen LogP contribution in [0, 0.1) is 0 Å². The van der Waals surface area contributed by atoms with E-state index in [0.717, 1.165) is 32.4 Å². The third-order valence-corrected chi connectivity index (χ3v) is 3.73. The van der Waals surface area contributed by atoms with Crippen LogP contribution in [0.3, 0.4) is 0 Å². The predicted octanol–water partition coefficient (Wildman–Crippen LogP) is 2.59. The van der Waals surface area contributed by atoms with Gasteiger partial charge >= 0.3 is 0 Å². The Balaban J connectivity index is 2.33. The first-order chi connectivity index (χ1) is 7.27. The second kappa shape index (κ2) is 6.90. The van der Waals surface area contributed by atoms with Crippen LogP contribution in [0.4, 0.5) is 0 Å². The Kier molecular flexibility index (Phi) is 5.79. The lowest BCUT2D eigenvalue weighted by Crippen LogP contribution is -2.14. The van der Waals surface area contributed by atoms with Crippen molar-refractivity contribution in [3.63, 3.8) is 0 Å². The zero-order valence-corrected chi connectivity index (χ0v) is 10.7. The standard InChI is InChI=1S/C11H21N3S/c1-4-9(3)11-14-13-10(15-11)7-6-8-12-5-2/h9,12H,4-8H2,1-3H3. The second-order valence-corrected chi connectivity index (χ2v) is 4.89. The number of hydrogen-bond donors (Lipinski definition) is 1. The molecule has 0 aliphatic rings. The van der Waals surface area contributed by atoms with E-state index in [1.54, 1.807) is 11.3 Å². The summed E-state index contributed by atoms with van der Waals surface area (Å²) in [5.41, 5.74) is 0. The minimum absolute atomic E-state index is 0.560. The predicted molar refractivity (Wildman–Crippen MR) is 65.5 cm³/mol. The van der Waals surface area contributed by atoms with Crippen LogP contribution in [0.15, 0.2) is 0 Å². The van der Waals surface area contributed by atoms with Gasteiger partial charge in [-0.2, -0.15) is 0 Å². The van der Waals surface area contributed by atoms with Crippen LogP contribution >= 0.6 is 11.3 Å². The zero-order valence-electron chi connectivity index (χ0n) is 9.92. The molecule has 1 heterocycles. The maximum Gasteiger partial charge on any atom is 0.120 e. The topological polar surface area (TPSA) is 37.8 Å². The van der Waals surface area contributed by atoms with E-state index >= 15 is 0 Å². The average Bonchev–Trinajstić information content (AvgIpc) is 2.72. The van der Waals surface area contributed by atoms with Crippen LogP contribution in [0.5, 0.6) is 0 Å². The van der Waals surface area contributed by atoms with Gasteiger partial charge in [-0.3, -0.25) is 0 Å². The number of nitrogens with zero attached hydrogens (tertiary/aromatic N) is 2. The van der Waals surface area contributed by atoms with Crippen molar-refractivity contribution in [2.45, 2.75) is 46.0 Å². The van der Waals surface area contributed by atoms with Gasteiger partial charge in [0.25, 0.3) is 0 Å². The molecule has 3 nitrogen and oxygen atoms in total. The van der Waals surface area contributed by atoms with Crippen molar-refractivity contribution in [2.75, 3.05) is 13.1 Å². The summed E-state index contributed by atoms with van der Waals surface area (Å²) in [6.45, 7) is 8.66. The van der Waals surface area contributed by atoms with Gasteiger partial charge in [0.1, 0.15) is 10.0 Å². The van der Waals surface area contributed by atoms with Crippen molar-refractivity contribution in [1.82, 2.24) is 15.5 Å². The first kappa shape index (κ1) is 12.6. The minimum Gasteiger partial charge on any atom is -0.317 e. The van der Waals surface area contributed by atoms with Gasteiger partial charge in [-0.05, 0) is 25.9 Å². The Hall–Kier alpha value is -0.480. The monoisotopic (exact) mass is 227 g/mol. The molecule has 4 heteroatoms. The van der Waals surface area contributed by atoms with Crippen LogP contribution in [0.1, 0.15) is 49.5 Å². The molecule has 1 unspecified atom stereocenters. The SMILES string of the molecule is CCNCCCc1nnc(C(C)CC)s1. The first-order valence-corrected chi connectivity index (χ1v) is 6.62. The maximum atomic E-state index is 4.23. The molecular formula is C11H21N3S. The van der Waals surface area contributed by atoms with Gasteiger partial charge in [-0.25, -0.2) is 0 Å². The van der Waals surface area contributed by atoms with Crippen molar-refractivity contribution in [3.8, 4) is 0 Å². The molecule has 0 bridgehead atoms. The molecule has 0 radical (unpaired) electrons. The molecule has 1 aromatic heterocycles. The highest BCUT2D eigenvalue weighted by Crippen LogP contribution is 2.22. The molecule has 0 aromatic carbocycles. The molecule has 0 spiro atoms. The largest absolute Gasteiger partial charge is 0.317 e. The van der Waals surface area contributed by atoms with E-state index in [0.29, 0.717) is 5.92 Å². The molecule has 86 valence electrons. The van der Waals surface area contributed by atoms with Crippen molar-refractivity contribution < 1.29 is 0 Å². The van der Waals surface area contributed by atoms with E-state index in [-0.39, 0.29) is 0 Å². The highest BCUT2D eigenvalue weighted by Gasteiger charge is 2.09. The third-order valence-electron chi connectivity index (χ3n) is 2.51. The normalized spacial score (nSPS) is 13.0. The van der Waals surface area contributed by atoms with E-state index in [1.807, 2.05) is 0 Å². The third kappa shape index (κ3) is 4.26. The van der Waals surface area contributed by atoms with Crippen LogP contribution < -0.4 is 5.32 Å². The molecule has 0 fully saturated rings. The van der Waals surface area contributed by atoms with Crippen LogP contribution in [0.2, 0.25) is 0 Å². The highest BCUT2D eigenvalue weighted by atomic mass is 32.1. The smallest absolute Gasteiger partial charge is 0.120 e. The molecule has 0 saturated heterocycles. The number of aromatic nitrogens is 2. The summed E-state index contributed by atoms with van der Waals surface area (Å²) in [5.74, 6) is 0.560. The second-order valence-electron chi connectivity index (χ2n) is 3.80. The number of rotatable bonds is 7. The van der Waals surface area contributed by atoms with E-state index in [2.05, 4.69) is 36.3 Å². The maximum absolute atomic E-state index is 4.23. The molecule has 0 amide bonds. The summed E-state index contributed by atoms with van der Waals surface area (Å²) in [6.07, 6.45) is 3.36. The fourth-order valence-electron chi connectivity index (χ4n) is 1.28. The highest BCUT2D eigenvalue weighted by molar-refractivity contribution is 7.11. The molecule has 0 aliphatic heterocycles. The number of hydrogen-bond acceptors (Lipinski definition) is 4. The van der Waals surface area contributed by atoms with Gasteiger partial charge in [0.05, 0.1) is 0 Å². The molecule has 15 heavy (non-hydrogen) atoms. The Morgan fingerprint density at radius 1 is 1.33 bits per heavy atom. The summed E-state index contributed by atoms with van der Waals surface area (Å²) in [7, 11) is 0. The van der Waals surface area contributed by atoms with E-state index in [1.165, 1.54) is 10.0 Å². The van der Waals surface area contributed by atoms with Gasteiger partial charge in [-0.15, -0.1) is 21.5 Å². The number of aryl methyl sites for hydroxylation is 1. The van der Waals surface area contributed by atoms with E-state index in [4.69, 9.17) is 0 Å². The van der Waals surface area contributed by atoms with Gasteiger partial charge in [0.2, 0.25) is 0 Å². The quantitative estimate of drug-likeness (QED) is 0.728. The molecule has 0 saturated carbocycles. The number of nitrogens with one attached hydrogen (secondary N) is 1. The molecule has 0 aliphatic carbocycles. The lowest BCUT2D eigenvalue weighted by molar-refractivity contribution is 0.667. The van der Waals surface area contributed by atoms with Gasteiger partial charge in [0, 0.05) is 12.3 Å². The van der Waals surface area contributed by atoms with Crippen molar-refractivity contribution in [2.24, 2.45) is 0 Å². The summed E-state index contributed by atoms with van der Waals surface area (Å²) in [6, 6.07) is 0. The minimum atomic E-state index is 0.560. The summed E-state index contributed by atoms with van der Waals surface area (Å²) < 4.78 is 0. The van der Waals surface area contributed by atoms with Crippen molar-refractivity contribution in [3.05, 3.63) is 10.0 Å². The van der Waals surface area contributed by atoms with Crippen LogP contribution in [-0.2, 0) is 6.42 Å². The van der Waals surface area contributed by atoms with Gasteiger partial charge in [0.15, 0.2) is 0 Å². The van der Waals surface area contributed by atoms with Crippen LogP contribution in [-0.4, -0.2) is 23.3 Å². The van der Waals surface area contributed by atoms with Crippen LogP contribution in [0.25, 0.3) is 0 Å². The molecule has 1 atom stereocenters. The molecule has 1 rings (SSSR count). The molecule has 1 N–H and O–H groups in total. The fourth-order valence-corrected chi connectivity index (χ4v) is 2.30. The van der Waals surface area contributed by atoms with Crippen molar-refractivity contribution >= 4 is 11.3 Å². The Labute approximate surface area is 96.3 Å².